The fourth-order valence-corrected chi connectivity index (χ4v) is 3.28. The number of anilines is 1. The van der Waals surface area contributed by atoms with E-state index in [1.807, 2.05) is 17.6 Å². The van der Waals surface area contributed by atoms with Crippen molar-refractivity contribution >= 4 is 22.8 Å². The topological polar surface area (TPSA) is 62.5 Å². The number of likely N-dealkylation sites (N-methyl/N-ethyl adjacent to an activating group) is 1. The van der Waals surface area contributed by atoms with Crippen LogP contribution < -0.4 is 4.90 Å². The molecule has 108 valence electrons. The first-order valence-corrected chi connectivity index (χ1v) is 7.75. The highest BCUT2D eigenvalue weighted by Gasteiger charge is 2.21. The van der Waals surface area contributed by atoms with Gasteiger partial charge in [0.25, 0.3) is 0 Å². The summed E-state index contributed by atoms with van der Waals surface area (Å²) in [5.41, 5.74) is 1.66. The average Bonchev–Trinajstić information content (AvgIpc) is 3.19. The highest BCUT2D eigenvalue weighted by molar-refractivity contribution is 7.13. The zero-order valence-electron chi connectivity index (χ0n) is 11.7. The molecule has 0 atom stereocenters. The van der Waals surface area contributed by atoms with Crippen LogP contribution in [0.25, 0.3) is 16.2 Å². The molecule has 8 heteroatoms. The van der Waals surface area contributed by atoms with E-state index in [9.17, 15) is 0 Å². The minimum atomic E-state index is 0.727. The number of rotatable bonds is 2. The SMILES string of the molecule is CN1CCN(c2ncc(-c3cccs3)n3nnnc23)CC1. The van der Waals surface area contributed by atoms with E-state index in [0.29, 0.717) is 0 Å². The lowest BCUT2D eigenvalue weighted by molar-refractivity contribution is 0.312. The monoisotopic (exact) mass is 301 g/mol. The largest absolute Gasteiger partial charge is 0.351 e. The van der Waals surface area contributed by atoms with Gasteiger partial charge in [-0.3, -0.25) is 0 Å². The number of hydrogen-bond donors (Lipinski definition) is 0. The van der Waals surface area contributed by atoms with Crippen LogP contribution in [-0.2, 0) is 0 Å². The Hall–Kier alpha value is -2.06. The summed E-state index contributed by atoms with van der Waals surface area (Å²) in [4.78, 5) is 10.3. The van der Waals surface area contributed by atoms with Gasteiger partial charge in [-0.15, -0.1) is 16.4 Å². The van der Waals surface area contributed by atoms with E-state index >= 15 is 0 Å². The maximum Gasteiger partial charge on any atom is 0.222 e. The van der Waals surface area contributed by atoms with Crippen molar-refractivity contribution in [2.45, 2.75) is 0 Å². The van der Waals surface area contributed by atoms with E-state index in [0.717, 1.165) is 48.2 Å². The molecule has 0 unspecified atom stereocenters. The van der Waals surface area contributed by atoms with Crippen LogP contribution in [0.5, 0.6) is 0 Å². The van der Waals surface area contributed by atoms with Gasteiger partial charge in [0.05, 0.1) is 11.1 Å². The molecule has 0 saturated carbocycles. The fraction of sp³-hybridized carbons (Fsp3) is 0.385. The number of thiophene rings is 1. The van der Waals surface area contributed by atoms with Crippen molar-refractivity contribution in [3.05, 3.63) is 23.7 Å². The number of aromatic nitrogens is 5. The highest BCUT2D eigenvalue weighted by atomic mass is 32.1. The Balaban J connectivity index is 1.78. The summed E-state index contributed by atoms with van der Waals surface area (Å²) in [5.74, 6) is 0.869. The predicted molar refractivity (Wildman–Crippen MR) is 81.6 cm³/mol. The van der Waals surface area contributed by atoms with Crippen LogP contribution in [0.1, 0.15) is 0 Å². The Labute approximate surface area is 125 Å². The summed E-state index contributed by atoms with van der Waals surface area (Å²) in [7, 11) is 2.14. The molecule has 0 radical (unpaired) electrons. The molecule has 1 aliphatic rings. The van der Waals surface area contributed by atoms with Gasteiger partial charge in [0.1, 0.15) is 5.69 Å². The number of piperazine rings is 1. The molecule has 3 aromatic rings. The molecule has 4 rings (SSSR count). The Bertz CT molecular complexity index is 743. The first-order valence-electron chi connectivity index (χ1n) is 6.87. The van der Waals surface area contributed by atoms with Crippen molar-refractivity contribution in [3.63, 3.8) is 0 Å². The van der Waals surface area contributed by atoms with Crippen molar-refractivity contribution in [1.29, 1.82) is 0 Å². The molecule has 7 nitrogen and oxygen atoms in total. The van der Waals surface area contributed by atoms with Crippen LogP contribution >= 0.6 is 11.3 Å². The number of fused-ring (bicyclic) bond motifs is 1. The van der Waals surface area contributed by atoms with Gasteiger partial charge in [0.2, 0.25) is 5.65 Å². The van der Waals surface area contributed by atoms with E-state index in [2.05, 4.69) is 43.4 Å². The third-order valence-corrected chi connectivity index (χ3v) is 4.68. The molecule has 0 aromatic carbocycles. The van der Waals surface area contributed by atoms with Gasteiger partial charge in [-0.25, -0.2) is 4.98 Å². The van der Waals surface area contributed by atoms with E-state index in [1.54, 1.807) is 15.9 Å². The third-order valence-electron chi connectivity index (χ3n) is 3.78. The Morgan fingerprint density at radius 3 is 2.81 bits per heavy atom. The van der Waals surface area contributed by atoms with E-state index in [4.69, 9.17) is 0 Å². The second-order valence-corrected chi connectivity index (χ2v) is 6.10. The highest BCUT2D eigenvalue weighted by Crippen LogP contribution is 2.27. The third kappa shape index (κ3) is 2.16. The van der Waals surface area contributed by atoms with Crippen LogP contribution in [-0.4, -0.2) is 63.2 Å². The van der Waals surface area contributed by atoms with Gasteiger partial charge in [0, 0.05) is 26.2 Å². The maximum absolute atomic E-state index is 4.63. The summed E-state index contributed by atoms with van der Waals surface area (Å²) in [6.45, 7) is 3.96. The molecule has 0 aliphatic carbocycles. The van der Waals surface area contributed by atoms with Crippen molar-refractivity contribution < 1.29 is 0 Å². The Morgan fingerprint density at radius 2 is 2.05 bits per heavy atom. The molecule has 3 aromatic heterocycles. The Morgan fingerprint density at radius 1 is 1.19 bits per heavy atom. The van der Waals surface area contributed by atoms with Crippen LogP contribution in [0.3, 0.4) is 0 Å². The van der Waals surface area contributed by atoms with Crippen molar-refractivity contribution in [1.82, 2.24) is 29.9 Å². The zero-order chi connectivity index (χ0) is 14.2. The summed E-state index contributed by atoms with van der Waals surface area (Å²) < 4.78 is 1.78. The second-order valence-electron chi connectivity index (χ2n) is 5.15. The van der Waals surface area contributed by atoms with Crippen LogP contribution in [0, 0.1) is 0 Å². The average molecular weight is 301 g/mol. The lowest BCUT2D eigenvalue weighted by Gasteiger charge is -2.33. The molecule has 21 heavy (non-hydrogen) atoms. The van der Waals surface area contributed by atoms with Crippen LogP contribution in [0.4, 0.5) is 5.82 Å². The van der Waals surface area contributed by atoms with Gasteiger partial charge in [-0.05, 0) is 28.9 Å². The van der Waals surface area contributed by atoms with Gasteiger partial charge >= 0.3 is 0 Å². The number of tetrazole rings is 1. The van der Waals surface area contributed by atoms with Gasteiger partial charge in [0.15, 0.2) is 5.82 Å². The lowest BCUT2D eigenvalue weighted by Crippen LogP contribution is -2.45. The summed E-state index contributed by atoms with van der Waals surface area (Å²) in [5, 5.41) is 14.2. The quantitative estimate of drug-likeness (QED) is 0.704. The molecular formula is C13H15N7S. The number of hydrogen-bond acceptors (Lipinski definition) is 7. The van der Waals surface area contributed by atoms with Gasteiger partial charge in [-0.2, -0.15) is 4.52 Å². The van der Waals surface area contributed by atoms with Crippen LogP contribution in [0.2, 0.25) is 0 Å². The standard InChI is InChI=1S/C13H15N7S/c1-18-4-6-19(7-5-18)12-13-15-16-17-20(13)10(9-14-12)11-3-2-8-21-11/h2-3,8-9H,4-7H2,1H3. The molecule has 0 N–H and O–H groups in total. The molecule has 0 bridgehead atoms. The van der Waals surface area contributed by atoms with E-state index in [1.165, 1.54) is 0 Å². The molecule has 1 aliphatic heterocycles. The smallest absolute Gasteiger partial charge is 0.222 e. The molecule has 0 amide bonds. The van der Waals surface area contributed by atoms with Crippen LogP contribution in [0.15, 0.2) is 23.7 Å². The summed E-state index contributed by atoms with van der Waals surface area (Å²) in [6, 6.07) is 4.07. The summed E-state index contributed by atoms with van der Waals surface area (Å²) >= 11 is 1.66. The molecular weight excluding hydrogens is 286 g/mol. The molecule has 1 fully saturated rings. The summed E-state index contributed by atoms with van der Waals surface area (Å²) in [6.07, 6.45) is 1.86. The fourth-order valence-electron chi connectivity index (χ4n) is 2.56. The zero-order valence-corrected chi connectivity index (χ0v) is 12.5. The van der Waals surface area contributed by atoms with Crippen molar-refractivity contribution in [2.24, 2.45) is 0 Å². The number of nitrogens with zero attached hydrogens (tertiary/aromatic N) is 7. The van der Waals surface area contributed by atoms with Gasteiger partial charge in [-0.1, -0.05) is 6.07 Å². The first kappa shape index (κ1) is 12.7. The predicted octanol–water partition coefficient (Wildman–Crippen LogP) is 1.000. The lowest BCUT2D eigenvalue weighted by atomic mass is 10.3. The minimum Gasteiger partial charge on any atom is -0.351 e. The van der Waals surface area contributed by atoms with Gasteiger partial charge < -0.3 is 9.80 Å². The maximum atomic E-state index is 4.63. The molecule has 1 saturated heterocycles. The van der Waals surface area contributed by atoms with E-state index < -0.39 is 0 Å². The van der Waals surface area contributed by atoms with E-state index in [-0.39, 0.29) is 0 Å². The van der Waals surface area contributed by atoms with Crippen molar-refractivity contribution in [3.8, 4) is 10.6 Å². The second kappa shape index (κ2) is 5.05. The molecule has 0 spiro atoms. The Kier molecular flexibility index (Phi) is 3.04. The minimum absolute atomic E-state index is 0.727. The first-order chi connectivity index (χ1) is 10.3. The van der Waals surface area contributed by atoms with Crippen molar-refractivity contribution in [2.75, 3.05) is 38.1 Å². The normalized spacial score (nSPS) is 16.7. The molecule has 4 heterocycles.